The Labute approximate surface area is 199 Å². The molecule has 2 rings (SSSR count). The molecule has 1 atom stereocenters. The summed E-state index contributed by atoms with van der Waals surface area (Å²) < 4.78 is 20.8. The summed E-state index contributed by atoms with van der Waals surface area (Å²) >= 11 is 0. The van der Waals surface area contributed by atoms with Gasteiger partial charge in [0.1, 0.15) is 30.6 Å². The fraction of sp³-hybridized carbons (Fsp3) is 0.400. The van der Waals surface area contributed by atoms with Crippen LogP contribution in [0.25, 0.3) is 0 Å². The van der Waals surface area contributed by atoms with Crippen molar-refractivity contribution >= 4 is 18.2 Å². The van der Waals surface area contributed by atoms with Gasteiger partial charge in [-0.3, -0.25) is 0 Å². The molecular weight excluding hydrogens is 440 g/mol. The van der Waals surface area contributed by atoms with Crippen molar-refractivity contribution in [2.75, 3.05) is 20.3 Å². The Kier molecular flexibility index (Phi) is 10.2. The molecule has 2 aromatic rings. The molecule has 2 N–H and O–H groups in total. The highest BCUT2D eigenvalue weighted by molar-refractivity contribution is 5.81. The van der Waals surface area contributed by atoms with Gasteiger partial charge in [0.05, 0.1) is 13.7 Å². The molecule has 0 heterocycles. The quantitative estimate of drug-likeness (QED) is 0.309. The Morgan fingerprint density at radius 2 is 1.59 bits per heavy atom. The number of benzene rings is 2. The van der Waals surface area contributed by atoms with Crippen LogP contribution in [0.1, 0.15) is 31.9 Å². The van der Waals surface area contributed by atoms with Crippen LogP contribution in [-0.4, -0.2) is 50.1 Å². The first-order chi connectivity index (χ1) is 16.2. The minimum Gasteiger partial charge on any atom is -0.492 e. The maximum absolute atomic E-state index is 12.2. The van der Waals surface area contributed by atoms with E-state index in [-0.39, 0.29) is 26.2 Å². The lowest BCUT2D eigenvalue weighted by Crippen LogP contribution is -2.43. The molecule has 34 heavy (non-hydrogen) atoms. The summed E-state index contributed by atoms with van der Waals surface area (Å²) in [6.45, 7) is 6.01. The van der Waals surface area contributed by atoms with Crippen LogP contribution in [0.3, 0.4) is 0 Å². The number of alkyl carbamates (subject to hydrolysis) is 2. The highest BCUT2D eigenvalue weighted by atomic mass is 16.6. The first kappa shape index (κ1) is 26.5. The number of hydrogen-bond acceptors (Lipinski definition) is 7. The Balaban J connectivity index is 1.81. The summed E-state index contributed by atoms with van der Waals surface area (Å²) in [6.07, 6.45) is -1.00. The monoisotopic (exact) mass is 472 g/mol. The first-order valence-electron chi connectivity index (χ1n) is 10.9. The third kappa shape index (κ3) is 10.2. The van der Waals surface area contributed by atoms with E-state index in [4.69, 9.17) is 18.9 Å². The van der Waals surface area contributed by atoms with Gasteiger partial charge in [0.15, 0.2) is 0 Å². The number of hydrogen-bond donors (Lipinski definition) is 2. The first-order valence-corrected chi connectivity index (χ1v) is 10.9. The van der Waals surface area contributed by atoms with Gasteiger partial charge in [-0.15, -0.1) is 0 Å². The van der Waals surface area contributed by atoms with Crippen LogP contribution in [0.2, 0.25) is 0 Å². The molecule has 0 aliphatic carbocycles. The Bertz CT molecular complexity index is 925. The van der Waals surface area contributed by atoms with Crippen LogP contribution in [0.5, 0.6) is 5.75 Å². The number of carbonyl (C=O) groups is 3. The molecule has 0 unspecified atom stereocenters. The third-order valence-corrected chi connectivity index (χ3v) is 4.39. The zero-order chi connectivity index (χ0) is 25.0. The number of esters is 1. The molecule has 9 heteroatoms. The molecule has 0 spiro atoms. The van der Waals surface area contributed by atoms with Crippen LogP contribution in [0, 0.1) is 0 Å². The maximum atomic E-state index is 12.2. The molecule has 0 saturated heterocycles. The number of carbonyl (C=O) groups excluding carboxylic acids is 3. The van der Waals surface area contributed by atoms with Gasteiger partial charge in [0.25, 0.3) is 0 Å². The van der Waals surface area contributed by atoms with Crippen molar-refractivity contribution in [3.05, 3.63) is 65.7 Å². The van der Waals surface area contributed by atoms with Crippen molar-refractivity contribution in [2.45, 2.75) is 45.4 Å². The highest BCUT2D eigenvalue weighted by Crippen LogP contribution is 2.14. The summed E-state index contributed by atoms with van der Waals surface area (Å²) in [6, 6.07) is 15.4. The van der Waals surface area contributed by atoms with Gasteiger partial charge in [-0.1, -0.05) is 42.5 Å². The van der Waals surface area contributed by atoms with Gasteiger partial charge < -0.3 is 29.6 Å². The molecule has 0 aliphatic heterocycles. The van der Waals surface area contributed by atoms with Crippen molar-refractivity contribution < 1.29 is 33.3 Å². The topological polar surface area (TPSA) is 112 Å². The van der Waals surface area contributed by atoms with E-state index in [1.807, 2.05) is 30.3 Å². The standard InChI is InChI=1S/C25H32N2O7/c1-25(2,3)34-23(29)26-14-15-32-20-12-10-18(11-13-20)16-21(22(28)31-4)27-24(30)33-17-19-8-6-5-7-9-19/h5-13,21H,14-17H2,1-4H3,(H,26,29)(H,27,30)/t21-/m0/s1. The predicted molar refractivity (Wildman–Crippen MR) is 125 cm³/mol. The van der Waals surface area contributed by atoms with Gasteiger partial charge in [-0.25, -0.2) is 14.4 Å². The summed E-state index contributed by atoms with van der Waals surface area (Å²) in [5.41, 5.74) is 1.07. The van der Waals surface area contributed by atoms with E-state index >= 15 is 0 Å². The minimum atomic E-state index is -0.905. The second-order valence-electron chi connectivity index (χ2n) is 8.41. The lowest BCUT2D eigenvalue weighted by molar-refractivity contribution is -0.143. The van der Waals surface area contributed by atoms with Crippen LogP contribution < -0.4 is 15.4 Å². The molecule has 184 valence electrons. The van der Waals surface area contributed by atoms with E-state index in [1.165, 1.54) is 7.11 Å². The minimum absolute atomic E-state index is 0.0926. The van der Waals surface area contributed by atoms with E-state index in [1.54, 1.807) is 45.0 Å². The summed E-state index contributed by atoms with van der Waals surface area (Å²) in [7, 11) is 1.26. The molecule has 9 nitrogen and oxygen atoms in total. The second kappa shape index (κ2) is 13.1. The second-order valence-corrected chi connectivity index (χ2v) is 8.41. The fourth-order valence-corrected chi connectivity index (χ4v) is 2.84. The number of rotatable bonds is 10. The molecule has 0 aliphatic rings. The highest BCUT2D eigenvalue weighted by Gasteiger charge is 2.23. The van der Waals surface area contributed by atoms with E-state index < -0.39 is 29.8 Å². The molecule has 0 aromatic heterocycles. The molecule has 0 fully saturated rings. The normalized spacial score (nSPS) is 11.6. The molecule has 2 amide bonds. The summed E-state index contributed by atoms with van der Waals surface area (Å²) in [5, 5.41) is 5.17. The van der Waals surface area contributed by atoms with E-state index in [9.17, 15) is 14.4 Å². The zero-order valence-corrected chi connectivity index (χ0v) is 20.0. The maximum Gasteiger partial charge on any atom is 0.408 e. The lowest BCUT2D eigenvalue weighted by Gasteiger charge is -2.19. The molecular formula is C25H32N2O7. The molecule has 2 aromatic carbocycles. The van der Waals surface area contributed by atoms with E-state index in [2.05, 4.69) is 10.6 Å². The molecule has 0 bridgehead atoms. The molecule has 0 saturated carbocycles. The number of ether oxygens (including phenoxy) is 4. The number of nitrogens with one attached hydrogen (secondary N) is 2. The largest absolute Gasteiger partial charge is 0.492 e. The van der Waals surface area contributed by atoms with Crippen LogP contribution >= 0.6 is 0 Å². The summed E-state index contributed by atoms with van der Waals surface area (Å²) in [5.74, 6) is 0.0183. The van der Waals surface area contributed by atoms with E-state index in [0.717, 1.165) is 11.1 Å². The van der Waals surface area contributed by atoms with Gasteiger partial charge in [0, 0.05) is 6.42 Å². The average molecular weight is 473 g/mol. The average Bonchev–Trinajstić information content (AvgIpc) is 2.80. The number of amides is 2. The van der Waals surface area contributed by atoms with E-state index in [0.29, 0.717) is 5.75 Å². The predicted octanol–water partition coefficient (Wildman–Crippen LogP) is 3.60. The van der Waals surface area contributed by atoms with Gasteiger partial charge in [-0.2, -0.15) is 0 Å². The van der Waals surface area contributed by atoms with Crippen molar-refractivity contribution in [2.24, 2.45) is 0 Å². The lowest BCUT2D eigenvalue weighted by atomic mass is 10.1. The smallest absolute Gasteiger partial charge is 0.408 e. The number of methoxy groups -OCH3 is 1. The zero-order valence-electron chi connectivity index (χ0n) is 20.0. The summed E-state index contributed by atoms with van der Waals surface area (Å²) in [4.78, 5) is 35.9. The van der Waals surface area contributed by atoms with Gasteiger partial charge >= 0.3 is 18.2 Å². The fourth-order valence-electron chi connectivity index (χ4n) is 2.84. The Hall–Kier alpha value is -3.75. The van der Waals surface area contributed by atoms with Crippen molar-refractivity contribution in [1.82, 2.24) is 10.6 Å². The van der Waals surface area contributed by atoms with Gasteiger partial charge in [0.2, 0.25) is 0 Å². The van der Waals surface area contributed by atoms with Crippen LogP contribution in [-0.2, 0) is 32.0 Å². The van der Waals surface area contributed by atoms with Crippen molar-refractivity contribution in [3.8, 4) is 5.75 Å². The van der Waals surface area contributed by atoms with Crippen LogP contribution in [0.15, 0.2) is 54.6 Å². The van der Waals surface area contributed by atoms with Crippen molar-refractivity contribution in [3.63, 3.8) is 0 Å². The van der Waals surface area contributed by atoms with Gasteiger partial charge in [-0.05, 0) is 44.0 Å². The van der Waals surface area contributed by atoms with Crippen LogP contribution in [0.4, 0.5) is 9.59 Å². The SMILES string of the molecule is COC(=O)[C@H](Cc1ccc(OCCNC(=O)OC(C)(C)C)cc1)NC(=O)OCc1ccccc1. The third-order valence-electron chi connectivity index (χ3n) is 4.39. The Morgan fingerprint density at radius 3 is 2.21 bits per heavy atom. The Morgan fingerprint density at radius 1 is 0.912 bits per heavy atom. The van der Waals surface area contributed by atoms with Crippen molar-refractivity contribution in [1.29, 1.82) is 0 Å². The molecule has 0 radical (unpaired) electrons.